The molecule has 0 aliphatic carbocycles. The zero-order chi connectivity index (χ0) is 24.0. The maximum atomic E-state index is 13.9. The van der Waals surface area contributed by atoms with Crippen LogP contribution in [-0.2, 0) is 14.3 Å². The summed E-state index contributed by atoms with van der Waals surface area (Å²) in [6.07, 6.45) is 0. The number of thiazole rings is 1. The van der Waals surface area contributed by atoms with Crippen LogP contribution in [0.4, 0.5) is 5.69 Å². The Morgan fingerprint density at radius 3 is 2.47 bits per heavy atom. The van der Waals surface area contributed by atoms with Crippen molar-refractivity contribution in [2.75, 3.05) is 18.1 Å². The van der Waals surface area contributed by atoms with E-state index in [0.29, 0.717) is 32.7 Å². The van der Waals surface area contributed by atoms with E-state index in [1.54, 1.807) is 18.7 Å². The SMILES string of the molecule is CCOC(=O)C1=C(C)N=c2s/c(=C3\C(=O)N(CC)c4ccccc43)c(=O)n2C1c1ccccc1. The highest BCUT2D eigenvalue weighted by molar-refractivity contribution is 7.07. The van der Waals surface area contributed by atoms with Crippen molar-refractivity contribution in [3.63, 3.8) is 0 Å². The van der Waals surface area contributed by atoms with Gasteiger partial charge in [0.25, 0.3) is 11.5 Å². The molecule has 3 heterocycles. The molecule has 2 aliphatic rings. The number of para-hydroxylation sites is 1. The zero-order valence-corrected chi connectivity index (χ0v) is 19.9. The summed E-state index contributed by atoms with van der Waals surface area (Å²) in [4.78, 5) is 47.0. The number of allylic oxidation sites excluding steroid dienone is 1. The van der Waals surface area contributed by atoms with Crippen molar-refractivity contribution >= 4 is 34.5 Å². The van der Waals surface area contributed by atoms with Crippen LogP contribution in [0.15, 0.2) is 75.7 Å². The number of esters is 1. The van der Waals surface area contributed by atoms with Crippen molar-refractivity contribution in [1.29, 1.82) is 0 Å². The summed E-state index contributed by atoms with van der Waals surface area (Å²) in [5.41, 5.74) is 3.15. The number of carbonyl (C=O) groups excluding carboxylic acids is 2. The van der Waals surface area contributed by atoms with E-state index in [4.69, 9.17) is 4.74 Å². The van der Waals surface area contributed by atoms with Crippen LogP contribution in [0.2, 0.25) is 0 Å². The smallest absolute Gasteiger partial charge is 0.338 e. The molecule has 5 rings (SSSR count). The van der Waals surface area contributed by atoms with E-state index >= 15 is 0 Å². The normalized spacial score (nSPS) is 18.5. The van der Waals surface area contributed by atoms with Crippen LogP contribution in [0.5, 0.6) is 0 Å². The molecule has 34 heavy (non-hydrogen) atoms. The van der Waals surface area contributed by atoms with Gasteiger partial charge in [0.15, 0.2) is 4.80 Å². The minimum atomic E-state index is -0.695. The molecule has 0 saturated carbocycles. The van der Waals surface area contributed by atoms with E-state index in [2.05, 4.69) is 4.99 Å². The van der Waals surface area contributed by atoms with Gasteiger partial charge >= 0.3 is 5.97 Å². The summed E-state index contributed by atoms with van der Waals surface area (Å²) < 4.78 is 7.17. The molecule has 1 amide bonds. The average Bonchev–Trinajstić information content (AvgIpc) is 3.30. The summed E-state index contributed by atoms with van der Waals surface area (Å²) in [5.74, 6) is -0.707. The number of likely N-dealkylation sites (N-methyl/N-ethyl adjacent to an activating group) is 1. The lowest BCUT2D eigenvalue weighted by molar-refractivity contribution is -0.139. The van der Waals surface area contributed by atoms with E-state index in [1.807, 2.05) is 61.5 Å². The maximum absolute atomic E-state index is 13.9. The summed E-state index contributed by atoms with van der Waals surface area (Å²) in [7, 11) is 0. The number of anilines is 1. The number of rotatable bonds is 4. The fourth-order valence-electron chi connectivity index (χ4n) is 4.61. The Kier molecular flexibility index (Phi) is 5.53. The Hall–Kier alpha value is -3.78. The summed E-state index contributed by atoms with van der Waals surface area (Å²) >= 11 is 1.18. The predicted octanol–water partition coefficient (Wildman–Crippen LogP) is 2.54. The molecule has 0 radical (unpaired) electrons. The van der Waals surface area contributed by atoms with Crippen LogP contribution < -0.4 is 19.8 Å². The average molecular weight is 474 g/mol. The lowest BCUT2D eigenvalue weighted by Gasteiger charge is -2.24. The predicted molar refractivity (Wildman–Crippen MR) is 130 cm³/mol. The Labute approximate surface area is 199 Å². The Morgan fingerprint density at radius 2 is 1.76 bits per heavy atom. The molecule has 0 fully saturated rings. The van der Waals surface area contributed by atoms with Crippen molar-refractivity contribution in [2.45, 2.75) is 26.8 Å². The molecular formula is C26H23N3O4S. The minimum absolute atomic E-state index is 0.202. The van der Waals surface area contributed by atoms with Crippen molar-refractivity contribution < 1.29 is 14.3 Å². The van der Waals surface area contributed by atoms with Gasteiger partial charge in [-0.15, -0.1) is 0 Å². The van der Waals surface area contributed by atoms with Gasteiger partial charge in [0.1, 0.15) is 4.53 Å². The number of nitrogens with zero attached hydrogens (tertiary/aromatic N) is 3. The molecule has 0 spiro atoms. The fourth-order valence-corrected chi connectivity index (χ4v) is 5.74. The maximum Gasteiger partial charge on any atom is 0.338 e. The first-order valence-corrected chi connectivity index (χ1v) is 12.0. The summed E-state index contributed by atoms with van der Waals surface area (Å²) in [6.45, 7) is 6.10. The molecular weight excluding hydrogens is 450 g/mol. The molecule has 8 heteroatoms. The van der Waals surface area contributed by atoms with Crippen molar-refractivity contribution in [3.8, 4) is 0 Å². The van der Waals surface area contributed by atoms with Crippen LogP contribution in [0.25, 0.3) is 5.57 Å². The number of carbonyl (C=O) groups is 2. The molecule has 0 N–H and O–H groups in total. The fraction of sp³-hybridized carbons (Fsp3) is 0.231. The first kappa shape index (κ1) is 22.0. The monoisotopic (exact) mass is 473 g/mol. The molecule has 0 saturated heterocycles. The zero-order valence-electron chi connectivity index (χ0n) is 19.1. The molecule has 1 unspecified atom stereocenters. The van der Waals surface area contributed by atoms with Crippen molar-refractivity contribution in [2.24, 2.45) is 4.99 Å². The van der Waals surface area contributed by atoms with Gasteiger partial charge < -0.3 is 9.64 Å². The van der Waals surface area contributed by atoms with Crippen LogP contribution in [-0.4, -0.2) is 29.6 Å². The third kappa shape index (κ3) is 3.25. The number of ether oxygens (including phenoxy) is 1. The third-order valence-corrected chi connectivity index (χ3v) is 7.13. The third-order valence-electron chi connectivity index (χ3n) is 6.07. The van der Waals surface area contributed by atoms with Crippen LogP contribution >= 0.6 is 11.3 Å². The molecule has 7 nitrogen and oxygen atoms in total. The lowest BCUT2D eigenvalue weighted by Crippen LogP contribution is -2.41. The van der Waals surface area contributed by atoms with E-state index in [-0.39, 0.29) is 18.1 Å². The van der Waals surface area contributed by atoms with Gasteiger partial charge in [0.05, 0.1) is 35.2 Å². The second-order valence-corrected chi connectivity index (χ2v) is 8.95. The molecule has 0 bridgehead atoms. The standard InChI is InChI=1S/C26H23N3O4S/c1-4-28-18-14-10-9-13-17(18)20(23(28)30)22-24(31)29-21(16-11-7-6-8-12-16)19(25(32)33-5-2)15(3)27-26(29)34-22/h6-14,21H,4-5H2,1-3H3/b22-20-. The number of aromatic nitrogens is 1. The molecule has 3 aromatic rings. The van der Waals surface area contributed by atoms with Gasteiger partial charge in [-0.3, -0.25) is 14.2 Å². The molecule has 172 valence electrons. The highest BCUT2D eigenvalue weighted by atomic mass is 32.1. The lowest BCUT2D eigenvalue weighted by atomic mass is 9.96. The number of benzene rings is 2. The number of amides is 1. The number of hydrogen-bond acceptors (Lipinski definition) is 6. The van der Waals surface area contributed by atoms with Crippen LogP contribution in [0, 0.1) is 0 Å². The van der Waals surface area contributed by atoms with Crippen molar-refractivity contribution in [1.82, 2.24) is 4.57 Å². The van der Waals surface area contributed by atoms with Gasteiger partial charge in [-0.25, -0.2) is 9.79 Å². The van der Waals surface area contributed by atoms with Gasteiger partial charge in [-0.05, 0) is 32.4 Å². The van der Waals surface area contributed by atoms with Crippen LogP contribution in [0.3, 0.4) is 0 Å². The Morgan fingerprint density at radius 1 is 1.06 bits per heavy atom. The minimum Gasteiger partial charge on any atom is -0.463 e. The second-order valence-electron chi connectivity index (χ2n) is 7.98. The quantitative estimate of drug-likeness (QED) is 0.546. The van der Waals surface area contributed by atoms with E-state index in [1.165, 1.54) is 15.9 Å². The van der Waals surface area contributed by atoms with Gasteiger partial charge in [-0.1, -0.05) is 59.9 Å². The van der Waals surface area contributed by atoms with Gasteiger partial charge in [0, 0.05) is 12.1 Å². The molecule has 2 aliphatic heterocycles. The molecule has 1 atom stereocenters. The Balaban J connectivity index is 1.83. The van der Waals surface area contributed by atoms with E-state index < -0.39 is 12.0 Å². The molecule has 1 aromatic heterocycles. The first-order chi connectivity index (χ1) is 16.5. The highest BCUT2D eigenvalue weighted by Gasteiger charge is 2.36. The van der Waals surface area contributed by atoms with E-state index in [9.17, 15) is 14.4 Å². The Bertz CT molecular complexity index is 1530. The van der Waals surface area contributed by atoms with Gasteiger partial charge in [0.2, 0.25) is 0 Å². The largest absolute Gasteiger partial charge is 0.463 e. The highest BCUT2D eigenvalue weighted by Crippen LogP contribution is 2.35. The van der Waals surface area contributed by atoms with Crippen LogP contribution in [0.1, 0.15) is 37.9 Å². The van der Waals surface area contributed by atoms with E-state index in [0.717, 1.165) is 16.8 Å². The second kappa shape index (κ2) is 8.53. The van der Waals surface area contributed by atoms with Crippen molar-refractivity contribution in [3.05, 3.63) is 96.7 Å². The number of fused-ring (bicyclic) bond motifs is 2. The van der Waals surface area contributed by atoms with Gasteiger partial charge in [-0.2, -0.15) is 0 Å². The topological polar surface area (TPSA) is 81.0 Å². The summed E-state index contributed by atoms with van der Waals surface area (Å²) in [6, 6.07) is 16.1. The first-order valence-electron chi connectivity index (χ1n) is 11.2. The molecule has 2 aromatic carbocycles. The number of hydrogen-bond donors (Lipinski definition) is 0. The summed E-state index contributed by atoms with van der Waals surface area (Å²) in [5, 5.41) is 0.